The molecule has 374 valence electrons. The fourth-order valence-electron chi connectivity index (χ4n) is 11.1. The number of ether oxygens (including phenoxy) is 1. The zero-order chi connectivity index (χ0) is 57.0. The predicted molar refractivity (Wildman–Crippen MR) is 308 cm³/mol. The van der Waals surface area contributed by atoms with Crippen LogP contribution in [0.1, 0.15) is 98.4 Å². The molecule has 0 fully saturated rings. The Morgan fingerprint density at radius 2 is 1.15 bits per heavy atom. The van der Waals surface area contributed by atoms with Crippen LogP contribution in [-0.4, -0.2) is 23.1 Å². The number of imidazole rings is 1. The molecule has 0 saturated carbocycles. The molecule has 0 spiro atoms. The summed E-state index contributed by atoms with van der Waals surface area (Å²) in [6.07, 6.45) is 1.66. The van der Waals surface area contributed by atoms with Crippen molar-refractivity contribution in [2.24, 2.45) is 0 Å². The first kappa shape index (κ1) is 40.8. The van der Waals surface area contributed by atoms with Crippen molar-refractivity contribution < 1.29 is 32.3 Å². The number of para-hydroxylation sites is 4. The molecule has 0 amide bonds. The summed E-state index contributed by atoms with van der Waals surface area (Å²) in [5.41, 5.74) is 12.7. The molecule has 7 heteroatoms. The normalized spacial score (nSPS) is 14.3. The number of aryl methyl sites for hydroxylation is 2. The minimum absolute atomic E-state index is 0.0111. The molecule has 0 N–H and O–H groups in total. The minimum atomic E-state index is -2.57. The zero-order valence-electron chi connectivity index (χ0n) is 49.5. The molecule has 6 nitrogen and oxygen atoms in total. The number of hydrogen-bond donors (Lipinski definition) is 0. The van der Waals surface area contributed by atoms with Gasteiger partial charge in [0.05, 0.1) is 16.6 Å². The Hall–Kier alpha value is -7.53. The molecule has 0 aliphatic heterocycles. The third-order valence-electron chi connectivity index (χ3n) is 15.1. The Morgan fingerprint density at radius 1 is 0.507 bits per heavy atom. The molecule has 0 aliphatic rings. The Balaban J connectivity index is 1.02. The first-order valence-electron chi connectivity index (χ1n) is 28.5. The molecule has 13 aromatic rings. The number of pyridine rings is 1. The minimum Gasteiger partial charge on any atom is -0.0579 e. The molecular weight excluding hydrogens is 1100 g/mol. The van der Waals surface area contributed by atoms with Gasteiger partial charge in [-0.2, -0.15) is 0 Å². The van der Waals surface area contributed by atoms with Crippen LogP contribution < -0.4 is 4.74 Å². The summed E-state index contributed by atoms with van der Waals surface area (Å²) in [4.78, 5) is 5.11. The molecule has 0 unspecified atom stereocenters. The molecule has 0 saturated heterocycles. The second-order valence-electron chi connectivity index (χ2n) is 23.1. The van der Waals surface area contributed by atoms with Gasteiger partial charge in [-0.15, -0.1) is 0 Å². The van der Waals surface area contributed by atoms with E-state index in [2.05, 4.69) is 192 Å². The summed E-state index contributed by atoms with van der Waals surface area (Å²) in [5.74, 6) is 0.646. The quantitative estimate of drug-likeness (QED) is 0.156. The van der Waals surface area contributed by atoms with E-state index in [0.29, 0.717) is 22.6 Å². The smallest absolute Gasteiger partial charge is 0.0579 e. The predicted octanol–water partition coefficient (Wildman–Crippen LogP) is 17.7. The molecule has 5 heterocycles. The fraction of sp³-hybridized carbons (Fsp3) is 0.206. The van der Waals surface area contributed by atoms with E-state index >= 15 is 0 Å². The van der Waals surface area contributed by atoms with E-state index in [1.54, 1.807) is 24.4 Å². The van der Waals surface area contributed by atoms with Crippen LogP contribution in [0.3, 0.4) is 0 Å². The van der Waals surface area contributed by atoms with Gasteiger partial charge in [-0.1, -0.05) is 81.4 Å². The van der Waals surface area contributed by atoms with Crippen LogP contribution in [0.4, 0.5) is 0 Å². The van der Waals surface area contributed by atoms with Gasteiger partial charge in [0.2, 0.25) is 0 Å². The molecule has 0 atom stereocenters. The summed E-state index contributed by atoms with van der Waals surface area (Å²) in [6.45, 7) is 14.8. The van der Waals surface area contributed by atoms with Crippen LogP contribution in [0.5, 0.6) is 11.5 Å². The van der Waals surface area contributed by atoms with E-state index in [9.17, 15) is 0 Å². The number of nitrogens with zero attached hydrogens (tertiary/aromatic N) is 5. The molecule has 8 aromatic carbocycles. The maximum atomic E-state index is 8.94. The van der Waals surface area contributed by atoms with Crippen LogP contribution >= 0.6 is 0 Å². The molecule has 75 heavy (non-hydrogen) atoms. The zero-order valence-corrected chi connectivity index (χ0v) is 45.7. The van der Waals surface area contributed by atoms with Gasteiger partial charge >= 0.3 is 285 Å². The SMILES string of the molecule is [2H]C([2H])([2H])c1ccc(-n2[c](=[Pt])n(-c3cc(C(C)(C)C)cc(C(C)(C)C)c3)c3ccccc32)[c-]c1Oc1[c-]c2c(cc1)c1cc3c4cccc5c6ccccc6n(c3cc1n2-c1cc(C([2H])([2H])[2H])c(-c2ccc(C(C)(C)C)cc2)cn1)c54. The van der Waals surface area contributed by atoms with Crippen molar-refractivity contribution in [3.63, 3.8) is 0 Å². The van der Waals surface area contributed by atoms with Crippen LogP contribution in [0, 0.1) is 29.6 Å². The summed E-state index contributed by atoms with van der Waals surface area (Å²) < 4.78 is 69.4. The third kappa shape index (κ3) is 7.54. The summed E-state index contributed by atoms with van der Waals surface area (Å²) in [6, 6.07) is 58.2. The van der Waals surface area contributed by atoms with Crippen LogP contribution in [0.25, 0.3) is 99.3 Å². The summed E-state index contributed by atoms with van der Waals surface area (Å²) in [5, 5.41) is 6.23. The molecule has 13 rings (SSSR count). The Kier molecular flexibility index (Phi) is 9.11. The number of rotatable bonds is 6. The Labute approximate surface area is 457 Å². The van der Waals surface area contributed by atoms with Gasteiger partial charge in [-0.3, -0.25) is 0 Å². The van der Waals surface area contributed by atoms with E-state index in [1.807, 2.05) is 53.1 Å². The molecule has 0 bridgehead atoms. The second kappa shape index (κ2) is 16.7. The van der Waals surface area contributed by atoms with Crippen molar-refractivity contribution in [3.8, 4) is 39.8 Å². The average molecular weight is 1160 g/mol. The molecule has 5 aromatic heterocycles. The first-order chi connectivity index (χ1) is 38.2. The number of hydrogen-bond acceptors (Lipinski definition) is 2. The standard InChI is InChI=1S/C68H59N5O.Pt/c1-41-23-28-47(70-40-71(59-22-15-14-21-58(59)70)48-33-45(67(6,7)8)32-46(34-48)68(9,10)11)35-63(41)74-49-29-30-51-54-37-55-53-19-16-18-52-50-17-12-13-20-57(50)73(65(52)53)62(55)38-61(54)72(60(51)36-49)64-31-42(2)56(39-69-64)43-24-26-44(27-25-43)66(3,4)5;/h12-34,37-39H,1-11H3;/q-2;/i1D3,2D3;. The number of aromatic nitrogens is 5. The van der Waals surface area contributed by atoms with Gasteiger partial charge in [0.25, 0.3) is 0 Å². The Morgan fingerprint density at radius 3 is 1.84 bits per heavy atom. The van der Waals surface area contributed by atoms with E-state index in [4.69, 9.17) is 17.9 Å². The molecule has 0 aliphatic carbocycles. The van der Waals surface area contributed by atoms with Gasteiger partial charge < -0.3 is 4.40 Å². The van der Waals surface area contributed by atoms with E-state index in [1.165, 1.54) is 16.5 Å². The van der Waals surface area contributed by atoms with Gasteiger partial charge in [-0.05, 0) is 35.0 Å². The van der Waals surface area contributed by atoms with Crippen LogP contribution in [0.15, 0.2) is 158 Å². The van der Waals surface area contributed by atoms with Crippen molar-refractivity contribution in [1.82, 2.24) is 23.1 Å². The van der Waals surface area contributed by atoms with Crippen molar-refractivity contribution in [2.75, 3.05) is 0 Å². The monoisotopic (exact) mass is 1160 g/mol. The summed E-state index contributed by atoms with van der Waals surface area (Å²) >= 11 is 2.36. The first-order valence-corrected chi connectivity index (χ1v) is 26.7. The number of fused-ring (bicyclic) bond motifs is 10. The van der Waals surface area contributed by atoms with Crippen molar-refractivity contribution in [2.45, 2.75) is 92.3 Å². The summed E-state index contributed by atoms with van der Waals surface area (Å²) in [7, 11) is 0. The molecule has 0 radical (unpaired) electrons. The van der Waals surface area contributed by atoms with Crippen LogP contribution in [0.2, 0.25) is 0 Å². The third-order valence-corrected chi connectivity index (χ3v) is 16.1. The Bertz CT molecular complexity index is 4750. The van der Waals surface area contributed by atoms with Crippen molar-refractivity contribution in [1.29, 1.82) is 0 Å². The van der Waals surface area contributed by atoms with Gasteiger partial charge in [0, 0.05) is 37.4 Å². The van der Waals surface area contributed by atoms with E-state index in [-0.39, 0.29) is 38.9 Å². The van der Waals surface area contributed by atoms with Gasteiger partial charge in [-0.25, -0.2) is 0 Å². The van der Waals surface area contributed by atoms with E-state index < -0.39 is 13.7 Å². The van der Waals surface area contributed by atoms with Crippen molar-refractivity contribution >= 4 is 70.9 Å². The van der Waals surface area contributed by atoms with Crippen LogP contribution in [-0.2, 0) is 35.6 Å². The maximum absolute atomic E-state index is 8.94. The second-order valence-corrected chi connectivity index (χ2v) is 24.2. The average Bonchev–Trinajstić information content (AvgIpc) is 4.32. The van der Waals surface area contributed by atoms with E-state index in [0.717, 1.165) is 80.7 Å². The topological polar surface area (TPSA) is 41.3 Å². The van der Waals surface area contributed by atoms with Gasteiger partial charge in [0.1, 0.15) is 0 Å². The van der Waals surface area contributed by atoms with Crippen molar-refractivity contribution in [3.05, 3.63) is 202 Å². The van der Waals surface area contributed by atoms with Gasteiger partial charge in [0.15, 0.2) is 0 Å². The fourth-order valence-corrected chi connectivity index (χ4v) is 12.2. The molecular formula is C68H59N5OPt-2. The number of benzene rings is 8.